The standard InChI is InChI=1S/C8H16N2/c1-10-5-7(9)6-3-2-4-8(6)10/h6-8H,2-5,9H2,1H3. The van der Waals surface area contributed by atoms with Crippen LogP contribution >= 0.6 is 0 Å². The van der Waals surface area contributed by atoms with Gasteiger partial charge in [0.2, 0.25) is 0 Å². The molecule has 0 aromatic carbocycles. The highest BCUT2D eigenvalue weighted by molar-refractivity contribution is 4.97. The molecule has 0 aromatic heterocycles. The molecule has 58 valence electrons. The van der Waals surface area contributed by atoms with E-state index in [0.717, 1.165) is 18.5 Å². The van der Waals surface area contributed by atoms with Crippen LogP contribution in [0, 0.1) is 5.92 Å². The van der Waals surface area contributed by atoms with Crippen molar-refractivity contribution < 1.29 is 0 Å². The third kappa shape index (κ3) is 0.789. The number of nitrogens with zero attached hydrogens (tertiary/aromatic N) is 1. The van der Waals surface area contributed by atoms with E-state index in [9.17, 15) is 0 Å². The summed E-state index contributed by atoms with van der Waals surface area (Å²) in [6, 6.07) is 1.30. The predicted octanol–water partition coefficient (Wildman–Crippen LogP) is 0.428. The van der Waals surface area contributed by atoms with E-state index < -0.39 is 0 Å². The average molecular weight is 140 g/mol. The zero-order valence-electron chi connectivity index (χ0n) is 6.59. The van der Waals surface area contributed by atoms with Crippen LogP contribution in [-0.4, -0.2) is 30.6 Å². The first-order valence-electron chi connectivity index (χ1n) is 4.25. The van der Waals surface area contributed by atoms with E-state index in [2.05, 4.69) is 11.9 Å². The van der Waals surface area contributed by atoms with Crippen molar-refractivity contribution in [1.29, 1.82) is 0 Å². The minimum Gasteiger partial charge on any atom is -0.326 e. The molecule has 1 aliphatic carbocycles. The lowest BCUT2D eigenvalue weighted by molar-refractivity contribution is 0.294. The van der Waals surface area contributed by atoms with E-state index in [1.54, 1.807) is 0 Å². The molecule has 0 bridgehead atoms. The zero-order chi connectivity index (χ0) is 7.14. The van der Waals surface area contributed by atoms with Gasteiger partial charge in [0.05, 0.1) is 0 Å². The molecular formula is C8H16N2. The SMILES string of the molecule is CN1CC(N)C2CCCC21. The van der Waals surface area contributed by atoms with Gasteiger partial charge in [-0.15, -0.1) is 0 Å². The van der Waals surface area contributed by atoms with Crippen LogP contribution < -0.4 is 5.73 Å². The van der Waals surface area contributed by atoms with Gasteiger partial charge < -0.3 is 10.6 Å². The van der Waals surface area contributed by atoms with Gasteiger partial charge in [-0.3, -0.25) is 0 Å². The van der Waals surface area contributed by atoms with Crippen LogP contribution in [0.1, 0.15) is 19.3 Å². The van der Waals surface area contributed by atoms with Gasteiger partial charge in [-0.25, -0.2) is 0 Å². The van der Waals surface area contributed by atoms with Crippen LogP contribution in [0.15, 0.2) is 0 Å². The zero-order valence-corrected chi connectivity index (χ0v) is 6.59. The highest BCUT2D eigenvalue weighted by atomic mass is 15.2. The molecule has 1 aliphatic heterocycles. The summed E-state index contributed by atoms with van der Waals surface area (Å²) in [5.74, 6) is 0.824. The first kappa shape index (κ1) is 6.62. The van der Waals surface area contributed by atoms with Crippen molar-refractivity contribution in [3.8, 4) is 0 Å². The monoisotopic (exact) mass is 140 g/mol. The molecule has 1 heterocycles. The summed E-state index contributed by atoms with van der Waals surface area (Å²) in [7, 11) is 2.20. The lowest BCUT2D eigenvalue weighted by Crippen LogP contribution is -2.28. The Kier molecular flexibility index (Phi) is 1.46. The second-order valence-corrected chi connectivity index (χ2v) is 3.77. The van der Waals surface area contributed by atoms with E-state index in [1.165, 1.54) is 19.3 Å². The molecule has 3 unspecified atom stereocenters. The second-order valence-electron chi connectivity index (χ2n) is 3.77. The summed E-state index contributed by atoms with van der Waals surface area (Å²) in [5.41, 5.74) is 5.97. The molecule has 3 atom stereocenters. The van der Waals surface area contributed by atoms with Crippen LogP contribution in [0.3, 0.4) is 0 Å². The first-order valence-corrected chi connectivity index (χ1v) is 4.25. The first-order chi connectivity index (χ1) is 4.79. The molecule has 0 radical (unpaired) electrons. The number of nitrogens with two attached hydrogens (primary N) is 1. The summed E-state index contributed by atoms with van der Waals surface area (Å²) >= 11 is 0. The second kappa shape index (κ2) is 2.21. The van der Waals surface area contributed by atoms with Crippen molar-refractivity contribution in [3.05, 3.63) is 0 Å². The van der Waals surface area contributed by atoms with E-state index in [-0.39, 0.29) is 0 Å². The van der Waals surface area contributed by atoms with Gasteiger partial charge in [0.15, 0.2) is 0 Å². The molecular weight excluding hydrogens is 124 g/mol. The Bertz CT molecular complexity index is 121. The van der Waals surface area contributed by atoms with Gasteiger partial charge in [-0.05, 0) is 25.8 Å². The largest absolute Gasteiger partial charge is 0.326 e. The van der Waals surface area contributed by atoms with Gasteiger partial charge in [0, 0.05) is 18.6 Å². The van der Waals surface area contributed by atoms with Crippen molar-refractivity contribution in [2.45, 2.75) is 31.3 Å². The molecule has 1 saturated heterocycles. The summed E-state index contributed by atoms with van der Waals surface area (Å²) < 4.78 is 0. The highest BCUT2D eigenvalue weighted by Crippen LogP contribution is 2.35. The van der Waals surface area contributed by atoms with Gasteiger partial charge in [0.1, 0.15) is 0 Å². The number of fused-ring (bicyclic) bond motifs is 1. The van der Waals surface area contributed by atoms with Crippen LogP contribution in [0.2, 0.25) is 0 Å². The summed E-state index contributed by atoms with van der Waals surface area (Å²) in [5, 5.41) is 0. The minimum atomic E-state index is 0.470. The van der Waals surface area contributed by atoms with E-state index in [4.69, 9.17) is 5.73 Å². The third-order valence-electron chi connectivity index (χ3n) is 3.15. The maximum absolute atomic E-state index is 5.97. The summed E-state index contributed by atoms with van der Waals surface area (Å²) in [4.78, 5) is 2.43. The predicted molar refractivity (Wildman–Crippen MR) is 41.7 cm³/mol. The molecule has 0 spiro atoms. The maximum atomic E-state index is 5.97. The molecule has 0 aromatic rings. The van der Waals surface area contributed by atoms with Gasteiger partial charge in [-0.1, -0.05) is 6.42 Å². The average Bonchev–Trinajstić information content (AvgIpc) is 2.39. The van der Waals surface area contributed by atoms with Crippen molar-refractivity contribution in [2.75, 3.05) is 13.6 Å². The van der Waals surface area contributed by atoms with Crippen LogP contribution in [0.4, 0.5) is 0 Å². The third-order valence-corrected chi connectivity index (χ3v) is 3.15. The number of hydrogen-bond donors (Lipinski definition) is 1. The van der Waals surface area contributed by atoms with E-state index >= 15 is 0 Å². The maximum Gasteiger partial charge on any atom is 0.0211 e. The van der Waals surface area contributed by atoms with Crippen molar-refractivity contribution in [2.24, 2.45) is 11.7 Å². The van der Waals surface area contributed by atoms with Crippen molar-refractivity contribution in [1.82, 2.24) is 4.90 Å². The lowest BCUT2D eigenvalue weighted by atomic mass is 10.0. The molecule has 0 amide bonds. The van der Waals surface area contributed by atoms with Crippen LogP contribution in [0.5, 0.6) is 0 Å². The van der Waals surface area contributed by atoms with E-state index in [0.29, 0.717) is 6.04 Å². The Morgan fingerprint density at radius 1 is 1.40 bits per heavy atom. The molecule has 2 nitrogen and oxygen atoms in total. The smallest absolute Gasteiger partial charge is 0.0211 e. The Morgan fingerprint density at radius 2 is 2.20 bits per heavy atom. The Hall–Kier alpha value is -0.0800. The molecule has 1 saturated carbocycles. The molecule has 2 fully saturated rings. The fraction of sp³-hybridized carbons (Fsp3) is 1.00. The summed E-state index contributed by atoms with van der Waals surface area (Å²) in [6.07, 6.45) is 4.15. The van der Waals surface area contributed by atoms with Gasteiger partial charge in [0.25, 0.3) is 0 Å². The topological polar surface area (TPSA) is 29.3 Å². The van der Waals surface area contributed by atoms with Gasteiger partial charge in [-0.2, -0.15) is 0 Å². The minimum absolute atomic E-state index is 0.470. The molecule has 2 rings (SSSR count). The molecule has 2 N–H and O–H groups in total. The quantitative estimate of drug-likeness (QED) is 0.528. The van der Waals surface area contributed by atoms with Crippen LogP contribution in [0.25, 0.3) is 0 Å². The Balaban J connectivity index is 2.11. The fourth-order valence-corrected chi connectivity index (χ4v) is 2.62. The van der Waals surface area contributed by atoms with Gasteiger partial charge >= 0.3 is 0 Å². The number of likely N-dealkylation sites (N-methyl/N-ethyl adjacent to an activating group) is 1. The van der Waals surface area contributed by atoms with Crippen molar-refractivity contribution in [3.63, 3.8) is 0 Å². The number of rotatable bonds is 0. The molecule has 10 heavy (non-hydrogen) atoms. The van der Waals surface area contributed by atoms with Crippen LogP contribution in [-0.2, 0) is 0 Å². The number of hydrogen-bond acceptors (Lipinski definition) is 2. The lowest BCUT2D eigenvalue weighted by Gasteiger charge is -2.16. The highest BCUT2D eigenvalue weighted by Gasteiger charge is 2.40. The normalized spacial score (nSPS) is 48.0. The van der Waals surface area contributed by atoms with Crippen molar-refractivity contribution >= 4 is 0 Å². The van der Waals surface area contributed by atoms with E-state index in [1.807, 2.05) is 0 Å². The Morgan fingerprint density at radius 3 is 2.90 bits per heavy atom. The molecule has 2 aliphatic rings. The fourth-order valence-electron chi connectivity index (χ4n) is 2.62. The number of likely N-dealkylation sites (tertiary alicyclic amines) is 1. The Labute approximate surface area is 62.4 Å². The molecule has 2 heteroatoms. The summed E-state index contributed by atoms with van der Waals surface area (Å²) in [6.45, 7) is 1.12.